The molecule has 1 fully saturated rings. The predicted molar refractivity (Wildman–Crippen MR) is 47.1 cm³/mol. The lowest BCUT2D eigenvalue weighted by Gasteiger charge is -2.46. The second kappa shape index (κ2) is 2.02. The van der Waals surface area contributed by atoms with Crippen LogP contribution >= 0.6 is 0 Å². The number of nitrogens with one attached hydrogen (secondary N) is 1. The summed E-state index contributed by atoms with van der Waals surface area (Å²) in [6, 6.07) is 0.769. The lowest BCUT2D eigenvalue weighted by Crippen LogP contribution is -2.51. The molecule has 4 unspecified atom stereocenters. The van der Waals surface area contributed by atoms with Gasteiger partial charge < -0.3 is 5.32 Å². The molecule has 0 aromatic heterocycles. The zero-order chi connectivity index (χ0) is 8.17. The Labute approximate surface area is 68.9 Å². The fourth-order valence-corrected chi connectivity index (χ4v) is 2.66. The number of rotatable bonds is 0. The van der Waals surface area contributed by atoms with E-state index in [1.165, 1.54) is 5.70 Å². The zero-order valence-corrected chi connectivity index (χ0v) is 7.81. The average Bonchev–Trinajstić information content (AvgIpc) is 2.26. The highest BCUT2D eigenvalue weighted by Gasteiger charge is 2.49. The van der Waals surface area contributed by atoms with Crippen LogP contribution in [0.1, 0.15) is 27.7 Å². The largest absolute Gasteiger partial charge is 0.385 e. The number of hydrogen-bond donors (Lipinski definition) is 1. The molecule has 0 amide bonds. The first-order chi connectivity index (χ1) is 5.13. The van der Waals surface area contributed by atoms with E-state index < -0.39 is 0 Å². The summed E-state index contributed by atoms with van der Waals surface area (Å²) in [5.41, 5.74) is 3.02. The molecule has 1 heteroatoms. The van der Waals surface area contributed by atoms with Crippen molar-refractivity contribution in [2.24, 2.45) is 17.8 Å². The van der Waals surface area contributed by atoms with Crippen LogP contribution in [0.3, 0.4) is 0 Å². The molecule has 1 N–H and O–H groups in total. The van der Waals surface area contributed by atoms with Crippen LogP contribution in [-0.4, -0.2) is 6.04 Å². The maximum Gasteiger partial charge on any atom is 0.0355 e. The Hall–Kier alpha value is -0.460. The lowest BCUT2D eigenvalue weighted by atomic mass is 9.61. The topological polar surface area (TPSA) is 12.0 Å². The molecule has 1 aliphatic carbocycles. The first-order valence-electron chi connectivity index (χ1n) is 4.57. The fraction of sp³-hybridized carbons (Fsp3) is 0.800. The average molecular weight is 151 g/mol. The highest BCUT2D eigenvalue weighted by molar-refractivity contribution is 5.28. The Bertz CT molecular complexity index is 217. The van der Waals surface area contributed by atoms with E-state index in [1.807, 2.05) is 0 Å². The van der Waals surface area contributed by atoms with Crippen molar-refractivity contribution in [2.75, 3.05) is 0 Å². The van der Waals surface area contributed by atoms with E-state index in [2.05, 4.69) is 33.0 Å². The summed E-state index contributed by atoms with van der Waals surface area (Å²) in [6.45, 7) is 9.20. The van der Waals surface area contributed by atoms with Gasteiger partial charge in [-0.05, 0) is 31.3 Å². The molecule has 11 heavy (non-hydrogen) atoms. The van der Waals surface area contributed by atoms with Crippen molar-refractivity contribution in [2.45, 2.75) is 33.7 Å². The molecule has 0 bridgehead atoms. The predicted octanol–water partition coefficient (Wildman–Crippen LogP) is 2.15. The van der Waals surface area contributed by atoms with E-state index in [1.54, 1.807) is 5.57 Å². The molecule has 0 aromatic rings. The number of allylic oxidation sites excluding steroid dienone is 1. The van der Waals surface area contributed by atoms with E-state index in [-0.39, 0.29) is 0 Å². The molecule has 0 saturated heterocycles. The van der Waals surface area contributed by atoms with Gasteiger partial charge in [0, 0.05) is 17.7 Å². The molecule has 1 nitrogen and oxygen atoms in total. The van der Waals surface area contributed by atoms with Crippen LogP contribution in [-0.2, 0) is 0 Å². The summed E-state index contributed by atoms with van der Waals surface area (Å²) < 4.78 is 0. The smallest absolute Gasteiger partial charge is 0.0355 e. The monoisotopic (exact) mass is 151 g/mol. The van der Waals surface area contributed by atoms with Crippen LogP contribution in [0.5, 0.6) is 0 Å². The summed E-state index contributed by atoms with van der Waals surface area (Å²) in [4.78, 5) is 0. The van der Waals surface area contributed by atoms with Crippen molar-refractivity contribution >= 4 is 0 Å². The molecular formula is C10H17N. The molecule has 4 atom stereocenters. The van der Waals surface area contributed by atoms with Gasteiger partial charge >= 0.3 is 0 Å². The third-order valence-electron chi connectivity index (χ3n) is 3.82. The van der Waals surface area contributed by atoms with Gasteiger partial charge in [0.2, 0.25) is 0 Å². The summed E-state index contributed by atoms with van der Waals surface area (Å²) >= 11 is 0. The Morgan fingerprint density at radius 1 is 1.09 bits per heavy atom. The van der Waals surface area contributed by atoms with Gasteiger partial charge in [0.25, 0.3) is 0 Å². The second-order valence-corrected chi connectivity index (χ2v) is 4.22. The van der Waals surface area contributed by atoms with Crippen molar-refractivity contribution < 1.29 is 0 Å². The van der Waals surface area contributed by atoms with Crippen molar-refractivity contribution in [3.63, 3.8) is 0 Å². The standard InChI is InChI=1S/C10H17N/c1-5-6(2)10-9(5)7(3)8(4)11-10/h5-6,9-11H,1-4H3. The highest BCUT2D eigenvalue weighted by Crippen LogP contribution is 2.48. The van der Waals surface area contributed by atoms with Gasteiger partial charge in [0.1, 0.15) is 0 Å². The Morgan fingerprint density at radius 2 is 1.73 bits per heavy atom. The van der Waals surface area contributed by atoms with Gasteiger partial charge in [0.15, 0.2) is 0 Å². The van der Waals surface area contributed by atoms with Crippen molar-refractivity contribution in [3.05, 3.63) is 11.3 Å². The normalized spacial score (nSPS) is 48.4. The maximum absolute atomic E-state index is 3.56. The van der Waals surface area contributed by atoms with Gasteiger partial charge in [-0.25, -0.2) is 0 Å². The van der Waals surface area contributed by atoms with Crippen LogP contribution < -0.4 is 5.32 Å². The fourth-order valence-electron chi connectivity index (χ4n) is 2.66. The Morgan fingerprint density at radius 3 is 2.27 bits per heavy atom. The van der Waals surface area contributed by atoms with E-state index in [9.17, 15) is 0 Å². The first-order valence-corrected chi connectivity index (χ1v) is 4.57. The molecule has 0 spiro atoms. The lowest BCUT2D eigenvalue weighted by molar-refractivity contribution is 0.0897. The van der Waals surface area contributed by atoms with E-state index >= 15 is 0 Å². The van der Waals surface area contributed by atoms with E-state index in [0.29, 0.717) is 0 Å². The second-order valence-electron chi connectivity index (χ2n) is 4.22. The van der Waals surface area contributed by atoms with Crippen LogP contribution in [0, 0.1) is 17.8 Å². The molecule has 1 aliphatic heterocycles. The van der Waals surface area contributed by atoms with Gasteiger partial charge in [-0.2, -0.15) is 0 Å². The third kappa shape index (κ3) is 0.715. The van der Waals surface area contributed by atoms with Gasteiger partial charge in [0.05, 0.1) is 0 Å². The summed E-state index contributed by atoms with van der Waals surface area (Å²) in [7, 11) is 0. The van der Waals surface area contributed by atoms with Crippen LogP contribution in [0.15, 0.2) is 11.3 Å². The maximum atomic E-state index is 3.56. The highest BCUT2D eigenvalue weighted by atomic mass is 15.0. The molecule has 0 radical (unpaired) electrons. The van der Waals surface area contributed by atoms with Crippen molar-refractivity contribution in [3.8, 4) is 0 Å². The molecule has 1 saturated carbocycles. The summed E-state index contributed by atoms with van der Waals surface area (Å²) in [5.74, 6) is 2.61. The third-order valence-corrected chi connectivity index (χ3v) is 3.82. The van der Waals surface area contributed by atoms with Gasteiger partial charge in [-0.3, -0.25) is 0 Å². The Kier molecular flexibility index (Phi) is 1.33. The van der Waals surface area contributed by atoms with Crippen molar-refractivity contribution in [1.82, 2.24) is 5.32 Å². The SMILES string of the molecule is CC1=C(C)C2C(C)C(C)C2N1. The van der Waals surface area contributed by atoms with Gasteiger partial charge in [-0.1, -0.05) is 13.8 Å². The Balaban J connectivity index is 2.22. The summed E-state index contributed by atoms with van der Waals surface area (Å²) in [6.07, 6.45) is 0. The molecule has 2 rings (SSSR count). The number of fused-ring (bicyclic) bond motifs is 1. The number of hydrogen-bond acceptors (Lipinski definition) is 1. The molecule has 0 aromatic carbocycles. The van der Waals surface area contributed by atoms with Crippen molar-refractivity contribution in [1.29, 1.82) is 0 Å². The zero-order valence-electron chi connectivity index (χ0n) is 7.81. The van der Waals surface area contributed by atoms with E-state index in [0.717, 1.165) is 23.8 Å². The minimum absolute atomic E-state index is 0.769. The molecular weight excluding hydrogens is 134 g/mol. The quantitative estimate of drug-likeness (QED) is 0.559. The van der Waals surface area contributed by atoms with Crippen LogP contribution in [0.25, 0.3) is 0 Å². The molecule has 1 heterocycles. The minimum Gasteiger partial charge on any atom is -0.385 e. The van der Waals surface area contributed by atoms with Crippen LogP contribution in [0.2, 0.25) is 0 Å². The molecule has 62 valence electrons. The summed E-state index contributed by atoms with van der Waals surface area (Å²) in [5, 5.41) is 3.56. The van der Waals surface area contributed by atoms with E-state index in [4.69, 9.17) is 0 Å². The molecule has 2 aliphatic rings. The minimum atomic E-state index is 0.769. The van der Waals surface area contributed by atoms with Gasteiger partial charge in [-0.15, -0.1) is 0 Å². The first kappa shape index (κ1) is 7.20. The van der Waals surface area contributed by atoms with Crippen LogP contribution in [0.4, 0.5) is 0 Å².